The average molecular weight is 234 g/mol. The number of aromatic nitrogens is 2. The van der Waals surface area contributed by atoms with Gasteiger partial charge in [-0.25, -0.2) is 14.6 Å². The summed E-state index contributed by atoms with van der Waals surface area (Å²) in [5.41, 5.74) is 0.966. The van der Waals surface area contributed by atoms with Gasteiger partial charge in [0.15, 0.2) is 11.2 Å². The maximum atomic E-state index is 11.5. The molecule has 0 aromatic carbocycles. The van der Waals surface area contributed by atoms with E-state index in [0.717, 1.165) is 0 Å². The number of hydrogen-bond acceptors (Lipinski definition) is 4. The highest BCUT2D eigenvalue weighted by molar-refractivity contribution is 5.85. The van der Waals surface area contributed by atoms with Crippen LogP contribution < -0.4 is 5.76 Å². The molecule has 0 aliphatic heterocycles. The van der Waals surface area contributed by atoms with Crippen LogP contribution in [-0.4, -0.2) is 20.6 Å². The van der Waals surface area contributed by atoms with Gasteiger partial charge in [0.2, 0.25) is 0 Å². The molecule has 2 aromatic heterocycles. The number of carboxylic acids is 1. The summed E-state index contributed by atoms with van der Waals surface area (Å²) in [6.45, 7) is 1.59. The third kappa shape index (κ3) is 2.10. The first-order chi connectivity index (χ1) is 8.09. The number of oxazole rings is 1. The van der Waals surface area contributed by atoms with Gasteiger partial charge in [0, 0.05) is 18.3 Å². The summed E-state index contributed by atoms with van der Waals surface area (Å²) in [5, 5.41) is 8.70. The standard InChI is InChI=1S/C11H10N2O4/c1-7(10(14)15)4-6-13-9-8(17-11(13)16)3-2-5-12-9/h2-5H,6H2,1H3,(H,14,15). The summed E-state index contributed by atoms with van der Waals surface area (Å²) in [4.78, 5) is 26.1. The minimum absolute atomic E-state index is 0.126. The number of aliphatic carboxylic acids is 1. The van der Waals surface area contributed by atoms with E-state index >= 15 is 0 Å². The molecule has 0 saturated carbocycles. The maximum Gasteiger partial charge on any atom is 0.421 e. The molecule has 2 rings (SSSR count). The lowest BCUT2D eigenvalue weighted by molar-refractivity contribution is -0.132. The van der Waals surface area contributed by atoms with E-state index in [1.54, 1.807) is 18.3 Å². The van der Waals surface area contributed by atoms with Gasteiger partial charge in [0.1, 0.15) is 0 Å². The first kappa shape index (κ1) is 11.1. The Morgan fingerprint density at radius 3 is 3.12 bits per heavy atom. The van der Waals surface area contributed by atoms with Crippen molar-refractivity contribution in [3.63, 3.8) is 0 Å². The Morgan fingerprint density at radius 1 is 1.65 bits per heavy atom. The SMILES string of the molecule is CC(=CCn1c(=O)oc2cccnc21)C(=O)O. The van der Waals surface area contributed by atoms with Crippen LogP contribution in [0.15, 0.2) is 39.2 Å². The van der Waals surface area contributed by atoms with Crippen LogP contribution in [-0.2, 0) is 11.3 Å². The van der Waals surface area contributed by atoms with Crippen LogP contribution in [0.1, 0.15) is 6.92 Å². The van der Waals surface area contributed by atoms with E-state index in [-0.39, 0.29) is 12.1 Å². The molecule has 6 nitrogen and oxygen atoms in total. The van der Waals surface area contributed by atoms with Crippen molar-refractivity contribution in [1.29, 1.82) is 0 Å². The molecule has 0 saturated heterocycles. The molecule has 0 bridgehead atoms. The molecule has 88 valence electrons. The summed E-state index contributed by atoms with van der Waals surface area (Å²) in [5.74, 6) is -1.56. The van der Waals surface area contributed by atoms with E-state index in [4.69, 9.17) is 9.52 Å². The second kappa shape index (κ2) is 4.25. The number of nitrogens with zero attached hydrogens (tertiary/aromatic N) is 2. The molecule has 0 aliphatic carbocycles. The minimum atomic E-state index is -1.01. The van der Waals surface area contributed by atoms with Crippen molar-refractivity contribution in [2.24, 2.45) is 0 Å². The largest absolute Gasteiger partial charge is 0.478 e. The molecule has 17 heavy (non-hydrogen) atoms. The van der Waals surface area contributed by atoms with Gasteiger partial charge in [-0.2, -0.15) is 0 Å². The Hall–Kier alpha value is -2.37. The highest BCUT2D eigenvalue weighted by atomic mass is 16.4. The fourth-order valence-electron chi connectivity index (χ4n) is 1.38. The lowest BCUT2D eigenvalue weighted by Gasteiger charge is -1.96. The number of carbonyl (C=O) groups is 1. The molecule has 0 spiro atoms. The molecule has 2 aromatic rings. The molecular formula is C11H10N2O4. The normalized spacial score (nSPS) is 11.9. The molecule has 0 unspecified atom stereocenters. The summed E-state index contributed by atoms with van der Waals surface area (Å²) >= 11 is 0. The fraction of sp³-hybridized carbons (Fsp3) is 0.182. The Kier molecular flexibility index (Phi) is 2.78. The van der Waals surface area contributed by atoms with E-state index in [9.17, 15) is 9.59 Å². The van der Waals surface area contributed by atoms with Gasteiger partial charge < -0.3 is 9.52 Å². The van der Waals surface area contributed by atoms with Crippen LogP contribution in [0, 0.1) is 0 Å². The summed E-state index contributed by atoms with van der Waals surface area (Å²) in [6, 6.07) is 3.29. The fourth-order valence-corrected chi connectivity index (χ4v) is 1.38. The molecule has 0 radical (unpaired) electrons. The van der Waals surface area contributed by atoms with Crippen LogP contribution >= 0.6 is 0 Å². The first-order valence-electron chi connectivity index (χ1n) is 4.94. The summed E-state index contributed by atoms with van der Waals surface area (Å²) in [6.07, 6.45) is 2.98. The van der Waals surface area contributed by atoms with Crippen molar-refractivity contribution >= 4 is 17.2 Å². The van der Waals surface area contributed by atoms with Gasteiger partial charge in [-0.3, -0.25) is 4.57 Å². The van der Waals surface area contributed by atoms with Gasteiger partial charge in [0.05, 0.1) is 0 Å². The van der Waals surface area contributed by atoms with E-state index < -0.39 is 11.7 Å². The summed E-state index contributed by atoms with van der Waals surface area (Å²) < 4.78 is 6.24. The lowest BCUT2D eigenvalue weighted by Crippen LogP contribution is -2.14. The van der Waals surface area contributed by atoms with Crippen LogP contribution in [0.25, 0.3) is 11.2 Å². The zero-order chi connectivity index (χ0) is 12.4. The summed E-state index contributed by atoms with van der Waals surface area (Å²) in [7, 11) is 0. The zero-order valence-electron chi connectivity index (χ0n) is 9.08. The van der Waals surface area contributed by atoms with Gasteiger partial charge in [0.25, 0.3) is 0 Å². The van der Waals surface area contributed by atoms with Crippen molar-refractivity contribution in [1.82, 2.24) is 9.55 Å². The van der Waals surface area contributed by atoms with E-state index in [0.29, 0.717) is 11.2 Å². The van der Waals surface area contributed by atoms with Crippen molar-refractivity contribution in [3.05, 3.63) is 40.5 Å². The third-order valence-corrected chi connectivity index (χ3v) is 2.34. The molecule has 0 amide bonds. The smallest absolute Gasteiger partial charge is 0.421 e. The number of carboxylic acid groups (broad SMARTS) is 1. The molecule has 0 aliphatic rings. The van der Waals surface area contributed by atoms with Gasteiger partial charge in [-0.15, -0.1) is 0 Å². The Labute approximate surface area is 95.8 Å². The Balaban J connectivity index is 2.43. The second-order valence-corrected chi connectivity index (χ2v) is 3.50. The monoisotopic (exact) mass is 234 g/mol. The number of allylic oxidation sites excluding steroid dienone is 1. The van der Waals surface area contributed by atoms with E-state index in [2.05, 4.69) is 4.98 Å². The molecular weight excluding hydrogens is 224 g/mol. The topological polar surface area (TPSA) is 85.3 Å². The quantitative estimate of drug-likeness (QED) is 0.801. The zero-order valence-corrected chi connectivity index (χ0v) is 9.08. The van der Waals surface area contributed by atoms with Crippen LogP contribution in [0.2, 0.25) is 0 Å². The first-order valence-corrected chi connectivity index (χ1v) is 4.94. The van der Waals surface area contributed by atoms with Crippen molar-refractivity contribution < 1.29 is 14.3 Å². The molecule has 2 heterocycles. The van der Waals surface area contributed by atoms with Gasteiger partial charge in [-0.05, 0) is 19.1 Å². The van der Waals surface area contributed by atoms with Crippen LogP contribution in [0.4, 0.5) is 0 Å². The van der Waals surface area contributed by atoms with Gasteiger partial charge >= 0.3 is 11.7 Å². The second-order valence-electron chi connectivity index (χ2n) is 3.50. The molecule has 0 atom stereocenters. The predicted octanol–water partition coefficient (Wildman–Crippen LogP) is 1.02. The Morgan fingerprint density at radius 2 is 2.41 bits per heavy atom. The highest BCUT2D eigenvalue weighted by Gasteiger charge is 2.09. The Bertz CT molecular complexity index is 651. The minimum Gasteiger partial charge on any atom is -0.478 e. The average Bonchev–Trinajstić information content (AvgIpc) is 2.61. The van der Waals surface area contributed by atoms with E-state index in [1.807, 2.05) is 0 Å². The van der Waals surface area contributed by atoms with Crippen molar-refractivity contribution in [3.8, 4) is 0 Å². The van der Waals surface area contributed by atoms with E-state index in [1.165, 1.54) is 17.6 Å². The number of hydrogen-bond donors (Lipinski definition) is 1. The van der Waals surface area contributed by atoms with Gasteiger partial charge in [-0.1, -0.05) is 6.08 Å². The predicted molar refractivity (Wildman–Crippen MR) is 59.7 cm³/mol. The number of rotatable bonds is 3. The van der Waals surface area contributed by atoms with Crippen LogP contribution in [0.3, 0.4) is 0 Å². The molecule has 6 heteroatoms. The molecule has 0 fully saturated rings. The maximum absolute atomic E-state index is 11.5. The number of pyridine rings is 1. The van der Waals surface area contributed by atoms with Crippen LogP contribution in [0.5, 0.6) is 0 Å². The van der Waals surface area contributed by atoms with Crippen molar-refractivity contribution in [2.45, 2.75) is 13.5 Å². The molecule has 1 N–H and O–H groups in total. The lowest BCUT2D eigenvalue weighted by atomic mass is 10.3. The third-order valence-electron chi connectivity index (χ3n) is 2.34. The van der Waals surface area contributed by atoms with Crippen molar-refractivity contribution in [2.75, 3.05) is 0 Å². The number of fused-ring (bicyclic) bond motifs is 1. The highest BCUT2D eigenvalue weighted by Crippen LogP contribution is 2.08.